The first-order chi connectivity index (χ1) is 27.9. The number of Topliss-reactive ketones (excluding diaryl/α,β-unsaturated/α-hetero) is 3. The summed E-state index contributed by atoms with van der Waals surface area (Å²) in [6, 6.07) is 0. The lowest BCUT2D eigenvalue weighted by molar-refractivity contribution is -0.116. The second-order valence-corrected chi connectivity index (χ2v) is 15.5. The number of morpholine rings is 1. The van der Waals surface area contributed by atoms with Crippen LogP contribution in [0.15, 0.2) is 47.5 Å². The molecule has 4 heterocycles. The molecule has 16 nitrogen and oxygen atoms in total. The molecule has 1 saturated heterocycles. The molecule has 0 spiro atoms. The van der Waals surface area contributed by atoms with Crippen LogP contribution < -0.4 is 15.4 Å². The van der Waals surface area contributed by atoms with E-state index in [0.717, 1.165) is 6.26 Å². The molecule has 16 heteroatoms. The second kappa shape index (κ2) is 18.2. The average molecular weight is 820 g/mol. The van der Waals surface area contributed by atoms with Crippen LogP contribution in [-0.4, -0.2) is 120 Å². The Labute approximate surface area is 343 Å². The lowest BCUT2D eigenvalue weighted by Gasteiger charge is -2.38. The Hall–Kier alpha value is -5.47. The number of ketones is 3. The lowest BCUT2D eigenvalue weighted by Crippen LogP contribution is -2.47. The standard InChI is InChI=1S/C43H53N3O13/c1-10-15-44-42(54)58-38-23(4)27(55-9)14-18-57-43(8)40(52)30-28-29(35(49)26(7)39(30)59-43)36(50)31(32(37(28)51)46-16-19-56-20-17-46)45-41(53)22(3)13-11-12-21(2)33(47)24(5)34(48)25(38)6/h1,11-14,18,21,23-25,27,33-34,38,47-49H,15-17,19-20H2,2-9H3,(H,44,54)(H,45,53)/b12-11+,18-14+,22-13-/t21-,23+,24+,25+,27-,33-,34+,38+,43-/m0/s1. The van der Waals surface area contributed by atoms with Crippen LogP contribution in [0.5, 0.6) is 11.5 Å². The maximum atomic E-state index is 14.7. The van der Waals surface area contributed by atoms with Crippen LogP contribution >= 0.6 is 0 Å². The number of allylic oxidation sites excluding steroid dienone is 4. The summed E-state index contributed by atoms with van der Waals surface area (Å²) >= 11 is 0. The Morgan fingerprint density at radius 1 is 1.00 bits per heavy atom. The Morgan fingerprint density at radius 3 is 2.32 bits per heavy atom. The van der Waals surface area contributed by atoms with Gasteiger partial charge >= 0.3 is 11.9 Å². The summed E-state index contributed by atoms with van der Waals surface area (Å²) in [6.45, 7) is 11.7. The number of alkyl carbamates (subject to hydrolysis) is 1. The summed E-state index contributed by atoms with van der Waals surface area (Å²) in [7, 11) is 1.40. The number of rotatable bonds is 4. The number of carbonyl (C=O) groups is 5. The average Bonchev–Trinajstić information content (AvgIpc) is 3.48. The molecule has 2 amide bonds. The molecule has 5 bridgehead atoms. The minimum atomic E-state index is -2.10. The van der Waals surface area contributed by atoms with Gasteiger partial charge in [-0.05, 0) is 19.9 Å². The van der Waals surface area contributed by atoms with E-state index in [1.165, 1.54) is 40.0 Å². The Morgan fingerprint density at radius 2 is 1.68 bits per heavy atom. The maximum absolute atomic E-state index is 14.7. The number of ether oxygens (including phenoxy) is 5. The fourth-order valence-corrected chi connectivity index (χ4v) is 7.86. The van der Waals surface area contributed by atoms with Gasteiger partial charge < -0.3 is 54.5 Å². The number of phenolic OH excluding ortho intramolecular Hbond substituents is 1. The topological polar surface area (TPSA) is 219 Å². The third kappa shape index (κ3) is 8.65. The zero-order chi connectivity index (χ0) is 43.5. The molecular formula is C43H53N3O13. The summed E-state index contributed by atoms with van der Waals surface area (Å²) in [5.74, 6) is -6.59. The molecule has 6 rings (SSSR count). The number of terminal acetylenes is 1. The van der Waals surface area contributed by atoms with E-state index in [1.54, 1.807) is 44.7 Å². The van der Waals surface area contributed by atoms with E-state index in [2.05, 4.69) is 16.6 Å². The van der Waals surface area contributed by atoms with E-state index < -0.39 is 94.5 Å². The third-order valence-corrected chi connectivity index (χ3v) is 11.5. The highest BCUT2D eigenvalue weighted by Crippen LogP contribution is 2.49. The SMILES string of the molecule is C#CCNC(=O)O[C@H]1[C@H](C)[C@H](O)[C@H](C)[C@@H](O)[C@@H](C)/C=C/C=C(/C)C(=O)NC2=C(N3CCOCC3)C(=O)c3c(c(O)c(C)c4c3C(=O)[C@@](C)(O/C=C/[C@H](OC)[C@H]1C)O4)C2=O. The molecule has 9 atom stereocenters. The zero-order valence-corrected chi connectivity index (χ0v) is 34.5. The van der Waals surface area contributed by atoms with Crippen LogP contribution in [0.3, 0.4) is 0 Å². The Balaban J connectivity index is 1.65. The van der Waals surface area contributed by atoms with Gasteiger partial charge in [0.15, 0.2) is 0 Å². The minimum absolute atomic E-state index is 0.0126. The van der Waals surface area contributed by atoms with Gasteiger partial charge in [-0.1, -0.05) is 51.8 Å². The molecule has 1 aliphatic carbocycles. The van der Waals surface area contributed by atoms with Crippen molar-refractivity contribution < 1.29 is 63.0 Å². The number of fused-ring (bicyclic) bond motifs is 14. The number of hydrogen-bond donors (Lipinski definition) is 5. The van der Waals surface area contributed by atoms with Gasteiger partial charge in [-0.3, -0.25) is 19.2 Å². The van der Waals surface area contributed by atoms with Gasteiger partial charge in [-0.2, -0.15) is 0 Å². The fraction of sp³-hybridized carbons (Fsp3) is 0.512. The van der Waals surface area contributed by atoms with Crippen molar-refractivity contribution in [2.45, 2.75) is 78.7 Å². The van der Waals surface area contributed by atoms with Crippen LogP contribution in [-0.2, 0) is 23.7 Å². The first-order valence-corrected chi connectivity index (χ1v) is 19.5. The first kappa shape index (κ1) is 44.6. The summed E-state index contributed by atoms with van der Waals surface area (Å²) in [6.07, 6.45) is 7.52. The molecule has 1 aromatic rings. The van der Waals surface area contributed by atoms with E-state index in [9.17, 15) is 39.3 Å². The van der Waals surface area contributed by atoms with Crippen molar-refractivity contribution in [3.05, 3.63) is 69.8 Å². The van der Waals surface area contributed by atoms with Gasteiger partial charge in [0.1, 0.15) is 29.0 Å². The lowest BCUT2D eigenvalue weighted by atomic mass is 9.78. The van der Waals surface area contributed by atoms with Gasteiger partial charge in [-0.15, -0.1) is 6.42 Å². The van der Waals surface area contributed by atoms with Gasteiger partial charge in [0.05, 0.1) is 61.0 Å². The molecule has 4 aliphatic heterocycles. The predicted octanol–water partition coefficient (Wildman–Crippen LogP) is 3.09. The van der Waals surface area contributed by atoms with Crippen molar-refractivity contribution >= 4 is 29.4 Å². The molecule has 0 radical (unpaired) electrons. The van der Waals surface area contributed by atoms with Gasteiger partial charge in [0.25, 0.3) is 11.7 Å². The number of aliphatic hydroxyl groups is 2. The van der Waals surface area contributed by atoms with E-state index in [0.29, 0.717) is 0 Å². The summed E-state index contributed by atoms with van der Waals surface area (Å²) in [5.41, 5.74) is -1.56. The van der Waals surface area contributed by atoms with Crippen molar-refractivity contribution in [2.75, 3.05) is 40.0 Å². The van der Waals surface area contributed by atoms with Crippen molar-refractivity contribution in [1.82, 2.24) is 15.5 Å². The first-order valence-electron chi connectivity index (χ1n) is 19.5. The molecule has 0 saturated carbocycles. The number of hydrogen-bond acceptors (Lipinski definition) is 14. The zero-order valence-electron chi connectivity index (χ0n) is 34.5. The fourth-order valence-electron chi connectivity index (χ4n) is 7.86. The van der Waals surface area contributed by atoms with Crippen LogP contribution in [0.25, 0.3) is 0 Å². The number of amides is 2. The van der Waals surface area contributed by atoms with Crippen molar-refractivity contribution in [3.63, 3.8) is 0 Å². The van der Waals surface area contributed by atoms with Crippen LogP contribution in [0, 0.1) is 42.9 Å². The van der Waals surface area contributed by atoms with Crippen molar-refractivity contribution in [2.24, 2.45) is 23.7 Å². The van der Waals surface area contributed by atoms with Crippen molar-refractivity contribution in [1.29, 1.82) is 0 Å². The molecule has 0 unspecified atom stereocenters. The largest absolute Gasteiger partial charge is 0.507 e. The molecular weight excluding hydrogens is 766 g/mol. The predicted molar refractivity (Wildman–Crippen MR) is 212 cm³/mol. The van der Waals surface area contributed by atoms with Crippen LogP contribution in [0.1, 0.15) is 78.2 Å². The van der Waals surface area contributed by atoms with Crippen LogP contribution in [0.4, 0.5) is 4.79 Å². The van der Waals surface area contributed by atoms with E-state index in [1.807, 2.05) is 0 Å². The third-order valence-electron chi connectivity index (χ3n) is 11.5. The number of aromatic hydroxyl groups is 1. The van der Waals surface area contributed by atoms with E-state index in [-0.39, 0.29) is 72.3 Å². The quantitative estimate of drug-likeness (QED) is 0.276. The normalized spacial score (nSPS) is 32.6. The van der Waals surface area contributed by atoms with E-state index in [4.69, 9.17) is 30.1 Å². The molecule has 0 aromatic heterocycles. The van der Waals surface area contributed by atoms with Crippen LogP contribution in [0.2, 0.25) is 0 Å². The molecule has 59 heavy (non-hydrogen) atoms. The molecule has 5 aliphatic rings. The van der Waals surface area contributed by atoms with Gasteiger partial charge in [0, 0.05) is 61.9 Å². The highest BCUT2D eigenvalue weighted by atomic mass is 16.7. The number of phenols is 1. The monoisotopic (exact) mass is 819 g/mol. The Bertz CT molecular complexity index is 2040. The number of carbonyl (C=O) groups excluding carboxylic acids is 5. The number of aliphatic hydroxyl groups excluding tert-OH is 2. The Kier molecular flexibility index (Phi) is 13.8. The molecule has 1 aromatic carbocycles. The number of nitrogens with one attached hydrogen (secondary N) is 2. The number of nitrogens with zero attached hydrogens (tertiary/aromatic N) is 1. The number of methoxy groups -OCH3 is 1. The van der Waals surface area contributed by atoms with Gasteiger partial charge in [0.2, 0.25) is 11.6 Å². The minimum Gasteiger partial charge on any atom is -0.507 e. The van der Waals surface area contributed by atoms with E-state index >= 15 is 0 Å². The highest BCUT2D eigenvalue weighted by Gasteiger charge is 2.53. The van der Waals surface area contributed by atoms with Crippen molar-refractivity contribution in [3.8, 4) is 23.8 Å². The second-order valence-electron chi connectivity index (χ2n) is 15.5. The van der Waals surface area contributed by atoms with Gasteiger partial charge in [-0.25, -0.2) is 4.79 Å². The highest BCUT2D eigenvalue weighted by molar-refractivity contribution is 6.32. The number of benzene rings is 1. The smallest absolute Gasteiger partial charge is 0.408 e. The molecule has 5 N–H and O–H groups in total. The summed E-state index contributed by atoms with van der Waals surface area (Å²) in [4.78, 5) is 71.7. The molecule has 318 valence electrons. The molecule has 1 fully saturated rings. The maximum Gasteiger partial charge on any atom is 0.408 e. The summed E-state index contributed by atoms with van der Waals surface area (Å²) < 4.78 is 29.1. The summed E-state index contributed by atoms with van der Waals surface area (Å²) in [5, 5.41) is 39.5.